The van der Waals surface area contributed by atoms with Gasteiger partial charge in [-0.1, -0.05) is 38.9 Å². The molecule has 4 heteroatoms. The first-order valence-electron chi connectivity index (χ1n) is 6.16. The first kappa shape index (κ1) is 24.5. The molecule has 19 heavy (non-hydrogen) atoms. The summed E-state index contributed by atoms with van der Waals surface area (Å²) in [5.41, 5.74) is 1.44. The summed E-state index contributed by atoms with van der Waals surface area (Å²) < 4.78 is 0. The van der Waals surface area contributed by atoms with Crippen molar-refractivity contribution in [3.63, 3.8) is 0 Å². The van der Waals surface area contributed by atoms with Crippen LogP contribution in [0.25, 0.3) is 10.8 Å². The van der Waals surface area contributed by atoms with Gasteiger partial charge in [-0.15, -0.1) is 40.6 Å². The molecule has 2 rings (SSSR count). The molecule has 0 aliphatic rings. The molecule has 0 saturated carbocycles. The summed E-state index contributed by atoms with van der Waals surface area (Å²) in [5.74, 6) is 0. The quantitative estimate of drug-likeness (QED) is 0.451. The van der Waals surface area contributed by atoms with Gasteiger partial charge in [0.1, 0.15) is 0 Å². The molecule has 0 heterocycles. The van der Waals surface area contributed by atoms with E-state index in [2.05, 4.69) is 57.2 Å². The molecular formula is C15H21Cl2SiZr. The van der Waals surface area contributed by atoms with Crippen molar-refractivity contribution in [1.29, 1.82) is 0 Å². The summed E-state index contributed by atoms with van der Waals surface area (Å²) >= 11 is 0. The fraction of sp³-hybridized carbons (Fsp3) is 0.400. The number of fused-ring (bicyclic) bond motifs is 1. The first-order valence-corrected chi connectivity index (χ1v) is 7.58. The Labute approximate surface area is 151 Å². The Hall–Kier alpha value is 0.510. The molecule has 0 atom stereocenters. The van der Waals surface area contributed by atoms with Gasteiger partial charge in [-0.3, -0.25) is 0 Å². The van der Waals surface area contributed by atoms with E-state index < -0.39 is 0 Å². The third kappa shape index (κ3) is 9.13. The minimum absolute atomic E-state index is 0. The largest absolute Gasteiger partial charge is 3.00 e. The molecule has 0 aliphatic heterocycles. The number of hydrogen-bond donors (Lipinski definition) is 0. The van der Waals surface area contributed by atoms with Crippen LogP contribution in [0, 0.1) is 0 Å². The monoisotopic (exact) mass is 389 g/mol. The second-order valence-electron chi connectivity index (χ2n) is 3.80. The Morgan fingerprint density at radius 3 is 2.00 bits per heavy atom. The number of benzene rings is 1. The molecule has 0 unspecified atom stereocenters. The van der Waals surface area contributed by atoms with Crippen LogP contribution in [0.4, 0.5) is 0 Å². The Balaban J connectivity index is -0.000000286. The summed E-state index contributed by atoms with van der Waals surface area (Å²) in [5, 5.41) is 2.73. The summed E-state index contributed by atoms with van der Waals surface area (Å²) in [6.45, 7) is 6.64. The van der Waals surface area contributed by atoms with Crippen LogP contribution >= 0.6 is 0 Å². The number of rotatable bonds is 3. The van der Waals surface area contributed by atoms with Crippen LogP contribution in [0.5, 0.6) is 0 Å². The zero-order chi connectivity index (χ0) is 11.8. The molecular weight excluding hydrogens is 370 g/mol. The molecule has 0 bridgehead atoms. The van der Waals surface area contributed by atoms with Crippen LogP contribution in [0.15, 0.2) is 36.4 Å². The minimum Gasteiger partial charge on any atom is -1.00 e. The second kappa shape index (κ2) is 14.9. The Bertz CT molecular complexity index is 380. The van der Waals surface area contributed by atoms with Crippen LogP contribution in [0.2, 0.25) is 12.1 Å². The molecule has 0 aliphatic carbocycles. The average Bonchev–Trinajstić information content (AvgIpc) is 2.73. The zero-order valence-electron chi connectivity index (χ0n) is 11.8. The Kier molecular flexibility index (Phi) is 19.2. The zero-order valence-corrected chi connectivity index (χ0v) is 16.8. The smallest absolute Gasteiger partial charge is 1.00 e. The topological polar surface area (TPSA) is 0 Å². The van der Waals surface area contributed by atoms with Crippen LogP contribution < -0.4 is 24.8 Å². The van der Waals surface area contributed by atoms with Gasteiger partial charge >= 0.3 is 26.2 Å². The molecule has 0 amide bonds. The number of hydrogen-bond acceptors (Lipinski definition) is 0. The van der Waals surface area contributed by atoms with Gasteiger partial charge in [0, 0.05) is 9.52 Å². The van der Waals surface area contributed by atoms with Crippen molar-refractivity contribution in [1.82, 2.24) is 0 Å². The van der Waals surface area contributed by atoms with E-state index >= 15 is 0 Å². The predicted octanol–water partition coefficient (Wildman–Crippen LogP) is -1.31. The molecule has 3 radical (unpaired) electrons. The average molecular weight is 392 g/mol. The van der Waals surface area contributed by atoms with Gasteiger partial charge in [0.25, 0.3) is 0 Å². The Morgan fingerprint density at radius 1 is 1.00 bits per heavy atom. The maximum absolute atomic E-state index is 2.26. The van der Waals surface area contributed by atoms with E-state index in [0.717, 1.165) is 6.42 Å². The summed E-state index contributed by atoms with van der Waals surface area (Å²) in [6.07, 6.45) is 1.13. The van der Waals surface area contributed by atoms with Crippen molar-refractivity contribution in [2.75, 3.05) is 0 Å². The van der Waals surface area contributed by atoms with Gasteiger partial charge in [0.2, 0.25) is 0 Å². The van der Waals surface area contributed by atoms with E-state index in [4.69, 9.17) is 0 Å². The van der Waals surface area contributed by atoms with Crippen LogP contribution in [0.3, 0.4) is 0 Å². The van der Waals surface area contributed by atoms with Crippen LogP contribution in [-0.4, -0.2) is 9.52 Å². The van der Waals surface area contributed by atoms with E-state index in [0.29, 0.717) is 0 Å². The van der Waals surface area contributed by atoms with Crippen LogP contribution in [-0.2, 0) is 32.6 Å². The normalized spacial score (nSPS) is 8.37. The molecule has 0 nitrogen and oxygen atoms in total. The van der Waals surface area contributed by atoms with Crippen molar-refractivity contribution in [2.45, 2.75) is 39.3 Å². The fourth-order valence-electron chi connectivity index (χ4n) is 1.67. The van der Waals surface area contributed by atoms with E-state index in [-0.39, 0.29) is 51.0 Å². The van der Waals surface area contributed by atoms with Gasteiger partial charge in [0.05, 0.1) is 0 Å². The maximum atomic E-state index is 2.26. The second-order valence-corrected chi connectivity index (χ2v) is 5.72. The van der Waals surface area contributed by atoms with E-state index in [9.17, 15) is 0 Å². The SMILES string of the molecule is CC[Si]CC.CCc1cc2ccccc2[cH-]1.[Cl-].[Cl-].[Zr+3]. The van der Waals surface area contributed by atoms with Crippen molar-refractivity contribution in [2.24, 2.45) is 0 Å². The molecule has 2 aromatic carbocycles. The van der Waals surface area contributed by atoms with Crippen LogP contribution in [0.1, 0.15) is 26.3 Å². The molecule has 2 aromatic rings. The van der Waals surface area contributed by atoms with Crippen molar-refractivity contribution in [3.8, 4) is 0 Å². The van der Waals surface area contributed by atoms with Gasteiger partial charge in [-0.05, 0) is 6.42 Å². The Morgan fingerprint density at radius 2 is 1.58 bits per heavy atom. The molecule has 103 valence electrons. The van der Waals surface area contributed by atoms with Crippen molar-refractivity contribution in [3.05, 3.63) is 42.0 Å². The number of halogens is 2. The van der Waals surface area contributed by atoms with Crippen molar-refractivity contribution >= 4 is 20.3 Å². The molecule has 0 N–H and O–H groups in total. The fourth-order valence-corrected chi connectivity index (χ4v) is 2.17. The molecule has 0 fully saturated rings. The van der Waals surface area contributed by atoms with Gasteiger partial charge in [-0.2, -0.15) is 6.07 Å². The van der Waals surface area contributed by atoms with E-state index in [1.807, 2.05) is 0 Å². The minimum atomic E-state index is 0. The van der Waals surface area contributed by atoms with E-state index in [1.54, 1.807) is 0 Å². The van der Waals surface area contributed by atoms with Gasteiger partial charge < -0.3 is 24.8 Å². The van der Waals surface area contributed by atoms with Crippen molar-refractivity contribution < 1.29 is 51.0 Å². The molecule has 0 aromatic heterocycles. The number of aryl methyl sites for hydroxylation is 1. The molecule has 0 saturated heterocycles. The third-order valence-corrected chi connectivity index (χ3v) is 3.59. The molecule has 0 spiro atoms. The predicted molar refractivity (Wildman–Crippen MR) is 75.6 cm³/mol. The summed E-state index contributed by atoms with van der Waals surface area (Å²) in [7, 11) is 1.20. The van der Waals surface area contributed by atoms with Gasteiger partial charge in [0.15, 0.2) is 0 Å². The van der Waals surface area contributed by atoms with Gasteiger partial charge in [-0.25, -0.2) is 0 Å². The van der Waals surface area contributed by atoms with E-state index in [1.165, 1.54) is 37.9 Å². The summed E-state index contributed by atoms with van der Waals surface area (Å²) in [6, 6.07) is 15.8. The third-order valence-electron chi connectivity index (χ3n) is 2.59. The maximum Gasteiger partial charge on any atom is 3.00 e. The first-order chi connectivity index (χ1) is 7.81. The summed E-state index contributed by atoms with van der Waals surface area (Å²) in [4.78, 5) is 0. The standard InChI is InChI=1S/C11H11.C4H10Si.2ClH.Zr/c1-2-9-7-10-5-3-4-6-11(10)8-9;1-3-5-4-2;;;/h3-8H,2H2,1H3;3-4H2,1-2H3;2*1H;/q-1;;;;+3/p-2.